The molecule has 0 aliphatic carbocycles. The van der Waals surface area contributed by atoms with Gasteiger partial charge in [-0.25, -0.2) is 0 Å². The van der Waals surface area contributed by atoms with Gasteiger partial charge in [-0.2, -0.15) is 12.6 Å². The number of hydrogen-bond acceptors (Lipinski definition) is 1. The van der Waals surface area contributed by atoms with E-state index in [1.807, 2.05) is 31.2 Å². The predicted octanol–water partition coefficient (Wildman–Crippen LogP) is 3.56. The van der Waals surface area contributed by atoms with Gasteiger partial charge in [-0.1, -0.05) is 24.3 Å². The molecule has 0 aromatic heterocycles. The van der Waals surface area contributed by atoms with E-state index in [4.69, 9.17) is 5.73 Å². The minimum atomic E-state index is 0. The Morgan fingerprint density at radius 2 is 1.77 bits per heavy atom. The molecule has 0 spiro atoms. The fourth-order valence-corrected chi connectivity index (χ4v) is 0.911. The Morgan fingerprint density at radius 3 is 2.08 bits per heavy atom. The van der Waals surface area contributed by atoms with Gasteiger partial charge in [-0.15, -0.1) is 12.3 Å². The first-order valence-electron chi connectivity index (χ1n) is 3.63. The van der Waals surface area contributed by atoms with Crippen molar-refractivity contribution in [2.75, 3.05) is 6.26 Å². The van der Waals surface area contributed by atoms with E-state index in [1.54, 1.807) is 6.26 Å². The summed E-state index contributed by atoms with van der Waals surface area (Å²) < 4.78 is 0. The van der Waals surface area contributed by atoms with Gasteiger partial charge in [0, 0.05) is 32.7 Å². The van der Waals surface area contributed by atoms with E-state index in [1.165, 1.54) is 0 Å². The van der Waals surface area contributed by atoms with Gasteiger partial charge in [0.2, 0.25) is 0 Å². The van der Waals surface area contributed by atoms with Crippen molar-refractivity contribution in [2.45, 2.75) is 6.92 Å². The van der Waals surface area contributed by atoms with Crippen molar-refractivity contribution in [1.82, 2.24) is 0 Å². The number of aryl methyl sites for hydroxylation is 1. The number of hydrogen-bond donors (Lipinski definition) is 1. The molecule has 0 fully saturated rings. The van der Waals surface area contributed by atoms with E-state index in [0.29, 0.717) is 5.70 Å². The topological polar surface area (TPSA) is 23.8 Å². The molecule has 1 nitrogen and oxygen atoms in total. The molecule has 0 bridgehead atoms. The third-order valence-electron chi connectivity index (χ3n) is 1.47. The zero-order chi connectivity index (χ0) is 9.56. The largest absolute Gasteiger partial charge is 0.699 e. The Balaban J connectivity index is 0. The maximum atomic E-state index is 7.27. The predicted molar refractivity (Wildman–Crippen MR) is 59.4 cm³/mol. The van der Waals surface area contributed by atoms with Crippen LogP contribution in [0.3, 0.4) is 0 Å². The first-order chi connectivity index (χ1) is 5.72. The van der Waals surface area contributed by atoms with Crippen molar-refractivity contribution in [3.63, 3.8) is 0 Å². The number of benzene rings is 1. The van der Waals surface area contributed by atoms with Crippen molar-refractivity contribution in [3.05, 3.63) is 47.7 Å². The maximum Gasteiger partial charge on any atom is 0 e. The molecule has 0 aliphatic heterocycles. The van der Waals surface area contributed by atoms with Crippen LogP contribution < -0.4 is 0 Å². The van der Waals surface area contributed by atoms with E-state index in [9.17, 15) is 0 Å². The van der Waals surface area contributed by atoms with Gasteiger partial charge in [0.25, 0.3) is 0 Å². The molecule has 0 atom stereocenters. The molecule has 0 aliphatic rings. The van der Waals surface area contributed by atoms with Crippen LogP contribution in [0, 0.1) is 6.92 Å². The average molecular weight is 269 g/mol. The van der Waals surface area contributed by atoms with E-state index in [0.717, 1.165) is 11.1 Å². The molecule has 1 N–H and O–H groups in total. The Labute approximate surface area is 111 Å². The van der Waals surface area contributed by atoms with Gasteiger partial charge >= 0.3 is 0 Å². The van der Waals surface area contributed by atoms with E-state index in [-0.39, 0.29) is 32.7 Å². The first kappa shape index (κ1) is 15.7. The van der Waals surface area contributed by atoms with Gasteiger partial charge in [-0.3, -0.25) is 0 Å². The summed E-state index contributed by atoms with van der Waals surface area (Å²) in [4.78, 5) is 0. The smallest absolute Gasteiger partial charge is 0 e. The molecule has 1 radical (unpaired) electrons. The van der Waals surface area contributed by atoms with Gasteiger partial charge in [-0.05, 0) is 24.3 Å². The zero-order valence-electron chi connectivity index (χ0n) is 8.04. The minimum Gasteiger partial charge on any atom is -0.699 e. The van der Waals surface area contributed by atoms with Crippen LogP contribution in [0.15, 0.2) is 30.8 Å². The van der Waals surface area contributed by atoms with Crippen LogP contribution in [0.2, 0.25) is 0 Å². The zero-order valence-corrected chi connectivity index (χ0v) is 11.8. The maximum absolute atomic E-state index is 7.27. The number of thiol groups is 1. The van der Waals surface area contributed by atoms with Crippen molar-refractivity contribution >= 4 is 18.3 Å². The Bertz CT molecular complexity index is 261. The molecule has 1 rings (SSSR count). The summed E-state index contributed by atoms with van der Waals surface area (Å²) in [6.45, 7) is 5.53. The molecule has 1 aromatic rings. The Morgan fingerprint density at radius 1 is 1.31 bits per heavy atom. The number of rotatable bonds is 1. The van der Waals surface area contributed by atoms with Crippen molar-refractivity contribution in [2.24, 2.45) is 0 Å². The molecule has 13 heavy (non-hydrogen) atoms. The van der Waals surface area contributed by atoms with Crippen LogP contribution in [-0.4, -0.2) is 6.26 Å². The van der Waals surface area contributed by atoms with Gasteiger partial charge < -0.3 is 5.73 Å². The summed E-state index contributed by atoms with van der Waals surface area (Å²) in [5, 5.41) is 0. The Kier molecular flexibility index (Phi) is 10.6. The van der Waals surface area contributed by atoms with Gasteiger partial charge in [0.05, 0.1) is 0 Å². The molecule has 0 heterocycles. The van der Waals surface area contributed by atoms with Crippen LogP contribution in [0.1, 0.15) is 11.1 Å². The third kappa shape index (κ3) is 5.50. The summed E-state index contributed by atoms with van der Waals surface area (Å²) in [6.07, 6.45) is 1.69. The average Bonchev–Trinajstić information content (AvgIpc) is 2.08. The van der Waals surface area contributed by atoms with Crippen LogP contribution in [0.4, 0.5) is 0 Å². The molecular weight excluding hydrogens is 255 g/mol. The van der Waals surface area contributed by atoms with Crippen molar-refractivity contribution in [3.8, 4) is 0 Å². The fraction of sp³-hybridized carbons (Fsp3) is 0.200. The minimum absolute atomic E-state index is 0. The monoisotopic (exact) mass is 269 g/mol. The Hall–Kier alpha value is 0.214. The van der Waals surface area contributed by atoms with Crippen LogP contribution in [-0.2, 0) is 32.7 Å². The molecule has 3 heteroatoms. The van der Waals surface area contributed by atoms with Gasteiger partial charge in [0.1, 0.15) is 0 Å². The molecule has 69 valence electrons. The van der Waals surface area contributed by atoms with Crippen LogP contribution in [0.25, 0.3) is 11.4 Å². The second-order valence-corrected chi connectivity index (χ2v) is 2.29. The standard InChI is InChI=1S/C9H10N.CH4S.Y/c1-7-5-3-4-6-9(7)8(2)10;1-2;/h3-6,10H,2H2,1H3;2H,1H3;/q-1;;. The van der Waals surface area contributed by atoms with E-state index < -0.39 is 0 Å². The second kappa shape index (κ2) is 8.80. The first-order valence-corrected chi connectivity index (χ1v) is 4.52. The third-order valence-corrected chi connectivity index (χ3v) is 1.47. The second-order valence-electron chi connectivity index (χ2n) is 2.29. The molecule has 0 amide bonds. The molecule has 0 saturated carbocycles. The summed E-state index contributed by atoms with van der Waals surface area (Å²) in [7, 11) is 0. The van der Waals surface area contributed by atoms with Crippen molar-refractivity contribution in [1.29, 1.82) is 0 Å². The van der Waals surface area contributed by atoms with Crippen LogP contribution in [0.5, 0.6) is 0 Å². The number of nitrogens with one attached hydrogen (secondary N) is 1. The summed E-state index contributed by atoms with van der Waals surface area (Å²) in [5.74, 6) is 0. The van der Waals surface area contributed by atoms with Crippen LogP contribution >= 0.6 is 12.6 Å². The summed E-state index contributed by atoms with van der Waals surface area (Å²) >= 11 is 3.53. The normalized spacial score (nSPS) is 7.62. The quantitative estimate of drug-likeness (QED) is 0.754. The molecular formula is C10H14NSY-. The van der Waals surface area contributed by atoms with Gasteiger partial charge in [0.15, 0.2) is 0 Å². The van der Waals surface area contributed by atoms with Crippen molar-refractivity contribution < 1.29 is 32.7 Å². The summed E-state index contributed by atoms with van der Waals surface area (Å²) in [5.41, 5.74) is 9.70. The summed E-state index contributed by atoms with van der Waals surface area (Å²) in [6, 6.07) is 7.77. The molecule has 0 saturated heterocycles. The SMILES string of the molecule is C=C([NH-])c1ccccc1C.CS.[Y]. The fourth-order valence-electron chi connectivity index (χ4n) is 0.911. The van der Waals surface area contributed by atoms with E-state index >= 15 is 0 Å². The molecule has 0 unspecified atom stereocenters. The van der Waals surface area contributed by atoms with E-state index in [2.05, 4.69) is 19.2 Å². The molecule has 1 aromatic carbocycles.